The Kier molecular flexibility index (Phi) is 6.80. The molecule has 2 saturated heterocycles. The van der Waals surface area contributed by atoms with Crippen molar-refractivity contribution in [1.82, 2.24) is 15.4 Å². The maximum absolute atomic E-state index is 12.4. The van der Waals surface area contributed by atoms with Gasteiger partial charge in [-0.15, -0.1) is 24.2 Å². The first kappa shape index (κ1) is 18.6. The smallest absolute Gasteiger partial charge is 0.232 e. The topological polar surface area (TPSA) is 58.4 Å². The fraction of sp³-hybridized carbons (Fsp3) is 0.750. The predicted octanol–water partition coefficient (Wildman–Crippen LogP) is 2.40. The molecule has 0 aromatic carbocycles. The molecule has 3 rings (SSSR count). The van der Waals surface area contributed by atoms with Crippen LogP contribution in [0.2, 0.25) is 0 Å². The van der Waals surface area contributed by atoms with E-state index >= 15 is 0 Å². The number of halogens is 1. The van der Waals surface area contributed by atoms with Crippen LogP contribution in [0.4, 0.5) is 0 Å². The lowest BCUT2D eigenvalue weighted by molar-refractivity contribution is -0.128. The fourth-order valence-electron chi connectivity index (χ4n) is 3.51. The zero-order valence-corrected chi connectivity index (χ0v) is 15.5. The molecule has 0 spiro atoms. The summed E-state index contributed by atoms with van der Waals surface area (Å²) in [7, 11) is 0. The van der Waals surface area contributed by atoms with Gasteiger partial charge in [-0.25, -0.2) is 0 Å². The minimum Gasteiger partial charge on any atom is -0.361 e. The van der Waals surface area contributed by atoms with Gasteiger partial charge in [-0.3, -0.25) is 4.79 Å². The van der Waals surface area contributed by atoms with Gasteiger partial charge in [-0.1, -0.05) is 5.16 Å². The van der Waals surface area contributed by atoms with Gasteiger partial charge in [0.25, 0.3) is 0 Å². The average Bonchev–Trinajstić information content (AvgIpc) is 3.02. The van der Waals surface area contributed by atoms with Crippen molar-refractivity contribution in [2.24, 2.45) is 11.8 Å². The molecule has 5 nitrogen and oxygen atoms in total. The molecule has 2 aliphatic rings. The molecular formula is C16H26ClN3O2S. The molecule has 1 aromatic heterocycles. The number of amides is 1. The molecule has 2 aliphatic heterocycles. The lowest BCUT2D eigenvalue weighted by Crippen LogP contribution is -2.34. The molecule has 2 atom stereocenters. The van der Waals surface area contributed by atoms with Gasteiger partial charge in [0.2, 0.25) is 5.91 Å². The molecule has 1 amide bonds. The molecule has 1 aromatic rings. The summed E-state index contributed by atoms with van der Waals surface area (Å²) in [6.45, 7) is 8.00. The summed E-state index contributed by atoms with van der Waals surface area (Å²) >= 11 is 1.67. The molecule has 23 heavy (non-hydrogen) atoms. The number of rotatable bonds is 4. The van der Waals surface area contributed by atoms with Crippen LogP contribution in [0.5, 0.6) is 0 Å². The van der Waals surface area contributed by atoms with Gasteiger partial charge in [-0.05, 0) is 51.6 Å². The average molecular weight is 360 g/mol. The van der Waals surface area contributed by atoms with Crippen molar-refractivity contribution in [1.29, 1.82) is 0 Å². The molecule has 0 saturated carbocycles. The summed E-state index contributed by atoms with van der Waals surface area (Å²) in [4.78, 5) is 14.5. The summed E-state index contributed by atoms with van der Waals surface area (Å²) in [5.74, 6) is 4.05. The molecule has 3 heterocycles. The van der Waals surface area contributed by atoms with Crippen LogP contribution in [0.1, 0.15) is 29.9 Å². The van der Waals surface area contributed by atoms with E-state index in [-0.39, 0.29) is 18.3 Å². The number of hydrogen-bond donors (Lipinski definition) is 1. The summed E-state index contributed by atoms with van der Waals surface area (Å²) in [5.41, 5.74) is 2.07. The third-order valence-electron chi connectivity index (χ3n) is 5.03. The van der Waals surface area contributed by atoms with Crippen LogP contribution in [0.3, 0.4) is 0 Å². The second-order valence-corrected chi connectivity index (χ2v) is 7.42. The third-order valence-corrected chi connectivity index (χ3v) is 5.97. The number of carbonyl (C=O) groups excluding carboxylic acids is 1. The van der Waals surface area contributed by atoms with Crippen molar-refractivity contribution in [2.75, 3.05) is 31.9 Å². The van der Waals surface area contributed by atoms with E-state index in [1.807, 2.05) is 13.8 Å². The quantitative estimate of drug-likeness (QED) is 0.894. The normalized spacial score (nSPS) is 24.0. The first-order chi connectivity index (χ1) is 10.6. The molecule has 0 bridgehead atoms. The van der Waals surface area contributed by atoms with Crippen molar-refractivity contribution < 1.29 is 9.32 Å². The minimum atomic E-state index is 0. The largest absolute Gasteiger partial charge is 0.361 e. The first-order valence-electron chi connectivity index (χ1n) is 8.13. The van der Waals surface area contributed by atoms with E-state index < -0.39 is 0 Å². The monoisotopic (exact) mass is 359 g/mol. The molecule has 0 unspecified atom stereocenters. The Hall–Kier alpha value is -0.720. The van der Waals surface area contributed by atoms with Gasteiger partial charge in [0.05, 0.1) is 11.4 Å². The van der Waals surface area contributed by atoms with Crippen molar-refractivity contribution in [2.45, 2.75) is 32.4 Å². The molecule has 1 N–H and O–H groups in total. The number of thioether (sulfide) groups is 1. The predicted molar refractivity (Wildman–Crippen MR) is 95.1 cm³/mol. The molecule has 7 heteroatoms. The van der Waals surface area contributed by atoms with Crippen LogP contribution in [-0.4, -0.2) is 47.9 Å². The highest BCUT2D eigenvalue weighted by Gasteiger charge is 2.31. The number of aryl methyl sites for hydroxylation is 2. The number of hydrogen-bond acceptors (Lipinski definition) is 5. The van der Waals surface area contributed by atoms with Crippen molar-refractivity contribution in [3.05, 3.63) is 17.0 Å². The standard InChI is InChI=1S/C16H25N3O2S.ClH/c1-11-15(12(2)21-18-11)9-22-10-16(20)19-5-3-13-7-17-8-14(13)4-6-19;/h13-14,17H,3-10H2,1-2H3;1H/t13-,14+;. The summed E-state index contributed by atoms with van der Waals surface area (Å²) in [5, 5.41) is 7.43. The molecule has 0 radical (unpaired) electrons. The first-order valence-corrected chi connectivity index (χ1v) is 9.28. The van der Waals surface area contributed by atoms with Crippen molar-refractivity contribution >= 4 is 30.1 Å². The summed E-state index contributed by atoms with van der Waals surface area (Å²) in [6, 6.07) is 0. The van der Waals surface area contributed by atoms with E-state index in [4.69, 9.17) is 4.52 Å². The SMILES string of the molecule is Cc1noc(C)c1CSCC(=O)N1CC[C@@H]2CNC[C@@H]2CC1.Cl. The van der Waals surface area contributed by atoms with E-state index in [2.05, 4.69) is 15.4 Å². The van der Waals surface area contributed by atoms with E-state index in [9.17, 15) is 4.79 Å². The minimum absolute atomic E-state index is 0. The number of likely N-dealkylation sites (tertiary alicyclic amines) is 1. The number of nitrogens with zero attached hydrogens (tertiary/aromatic N) is 2. The third kappa shape index (κ3) is 4.43. The molecule has 130 valence electrons. The van der Waals surface area contributed by atoms with Crippen molar-refractivity contribution in [3.63, 3.8) is 0 Å². The summed E-state index contributed by atoms with van der Waals surface area (Å²) < 4.78 is 5.16. The zero-order chi connectivity index (χ0) is 15.5. The number of fused-ring (bicyclic) bond motifs is 1. The van der Waals surface area contributed by atoms with E-state index in [0.717, 1.165) is 73.6 Å². The van der Waals surface area contributed by atoms with Crippen LogP contribution in [0.15, 0.2) is 4.52 Å². The van der Waals surface area contributed by atoms with E-state index in [1.165, 1.54) is 0 Å². The van der Waals surface area contributed by atoms with Gasteiger partial charge < -0.3 is 14.7 Å². The van der Waals surface area contributed by atoms with Crippen LogP contribution < -0.4 is 5.32 Å². The van der Waals surface area contributed by atoms with Crippen LogP contribution in [-0.2, 0) is 10.5 Å². The lowest BCUT2D eigenvalue weighted by atomic mass is 9.92. The van der Waals surface area contributed by atoms with Crippen LogP contribution >= 0.6 is 24.2 Å². The van der Waals surface area contributed by atoms with E-state index in [0.29, 0.717) is 5.75 Å². The van der Waals surface area contributed by atoms with Crippen molar-refractivity contribution in [3.8, 4) is 0 Å². The number of nitrogens with one attached hydrogen (secondary N) is 1. The Morgan fingerprint density at radius 2 is 1.96 bits per heavy atom. The molecule has 2 fully saturated rings. The highest BCUT2D eigenvalue weighted by Crippen LogP contribution is 2.27. The lowest BCUT2D eigenvalue weighted by Gasteiger charge is -2.20. The Balaban J connectivity index is 0.00000192. The van der Waals surface area contributed by atoms with Gasteiger partial charge in [0.15, 0.2) is 0 Å². The van der Waals surface area contributed by atoms with E-state index in [1.54, 1.807) is 11.8 Å². The second-order valence-electron chi connectivity index (χ2n) is 6.43. The molecular weight excluding hydrogens is 334 g/mol. The van der Waals surface area contributed by atoms with Gasteiger partial charge in [0.1, 0.15) is 5.76 Å². The highest BCUT2D eigenvalue weighted by molar-refractivity contribution is 7.99. The number of aromatic nitrogens is 1. The summed E-state index contributed by atoms with van der Waals surface area (Å²) in [6.07, 6.45) is 2.30. The zero-order valence-electron chi connectivity index (χ0n) is 13.8. The van der Waals surface area contributed by atoms with Gasteiger partial charge >= 0.3 is 0 Å². The van der Waals surface area contributed by atoms with Gasteiger partial charge in [-0.2, -0.15) is 0 Å². The number of carbonyl (C=O) groups is 1. The Bertz CT molecular complexity index is 504. The Morgan fingerprint density at radius 3 is 2.52 bits per heavy atom. The van der Waals surface area contributed by atoms with Gasteiger partial charge in [0, 0.05) is 24.4 Å². The van der Waals surface area contributed by atoms with Crippen LogP contribution in [0, 0.1) is 25.7 Å². The fourth-order valence-corrected chi connectivity index (χ4v) is 4.58. The maximum Gasteiger partial charge on any atom is 0.232 e. The second kappa shape index (κ2) is 8.40. The highest BCUT2D eigenvalue weighted by atomic mass is 35.5. The Morgan fingerprint density at radius 1 is 1.30 bits per heavy atom. The maximum atomic E-state index is 12.4. The van der Waals surface area contributed by atoms with Crippen LogP contribution in [0.25, 0.3) is 0 Å². The Labute approximate surface area is 148 Å². The molecule has 0 aliphatic carbocycles.